The molecule has 1 aliphatic carbocycles. The lowest BCUT2D eigenvalue weighted by atomic mass is 10.0. The largest absolute Gasteiger partial charge is 0.508 e. The number of alkyl carbamates (subject to hydrolysis) is 1. The van der Waals surface area contributed by atoms with Gasteiger partial charge in [-0.25, -0.2) is 4.79 Å². The summed E-state index contributed by atoms with van der Waals surface area (Å²) in [6.45, 7) is 8.59. The van der Waals surface area contributed by atoms with Crippen LogP contribution in [0.5, 0.6) is 5.75 Å². The van der Waals surface area contributed by atoms with Crippen LogP contribution in [0, 0.1) is 0 Å². The van der Waals surface area contributed by atoms with E-state index in [9.17, 15) is 24.3 Å². The second kappa shape index (κ2) is 11.7. The van der Waals surface area contributed by atoms with Gasteiger partial charge in [0.1, 0.15) is 23.4 Å². The van der Waals surface area contributed by atoms with Crippen LogP contribution in [-0.2, 0) is 23.9 Å². The van der Waals surface area contributed by atoms with E-state index in [1.165, 1.54) is 17.9 Å². The molecule has 1 aromatic carbocycles. The van der Waals surface area contributed by atoms with Crippen LogP contribution in [0.25, 0.3) is 0 Å². The van der Waals surface area contributed by atoms with E-state index < -0.39 is 41.6 Å². The maximum atomic E-state index is 13.4. The molecule has 2 atom stereocenters. The SMILES string of the molecule is CCOC(=O)CCNC(=O)C(c1ccccc1O)N(C(=O)C(C)NC(=O)OC(C)(C)C)C1CC1. The van der Waals surface area contributed by atoms with Crippen molar-refractivity contribution >= 4 is 23.9 Å². The second-order valence-corrected chi connectivity index (χ2v) is 9.15. The number of hydrogen-bond donors (Lipinski definition) is 3. The smallest absolute Gasteiger partial charge is 0.408 e. The highest BCUT2D eigenvalue weighted by atomic mass is 16.6. The first kappa shape index (κ1) is 26.9. The zero-order valence-corrected chi connectivity index (χ0v) is 20.4. The van der Waals surface area contributed by atoms with Gasteiger partial charge in [0.05, 0.1) is 13.0 Å². The van der Waals surface area contributed by atoms with E-state index in [1.807, 2.05) is 0 Å². The molecule has 2 unspecified atom stereocenters. The van der Waals surface area contributed by atoms with Crippen molar-refractivity contribution in [3.63, 3.8) is 0 Å². The molecule has 0 heterocycles. The Labute approximate surface area is 200 Å². The van der Waals surface area contributed by atoms with Gasteiger partial charge in [-0.2, -0.15) is 0 Å². The Kier molecular flexibility index (Phi) is 9.28. The number of ether oxygens (including phenoxy) is 2. The van der Waals surface area contributed by atoms with E-state index in [2.05, 4.69) is 10.6 Å². The van der Waals surface area contributed by atoms with Crippen LogP contribution < -0.4 is 10.6 Å². The first-order chi connectivity index (χ1) is 15.9. The van der Waals surface area contributed by atoms with Crippen LogP contribution in [0.2, 0.25) is 0 Å². The number of carbonyl (C=O) groups excluding carboxylic acids is 4. The molecule has 1 aromatic rings. The highest BCUT2D eigenvalue weighted by Gasteiger charge is 2.43. The number of benzene rings is 1. The Hall–Kier alpha value is -3.30. The lowest BCUT2D eigenvalue weighted by Gasteiger charge is -2.34. The number of esters is 1. The number of para-hydroxylation sites is 1. The van der Waals surface area contributed by atoms with Gasteiger partial charge in [-0.1, -0.05) is 18.2 Å². The summed E-state index contributed by atoms with van der Waals surface area (Å²) < 4.78 is 10.1. The van der Waals surface area contributed by atoms with Gasteiger partial charge in [-0.15, -0.1) is 0 Å². The van der Waals surface area contributed by atoms with Gasteiger partial charge < -0.3 is 30.1 Å². The fourth-order valence-electron chi connectivity index (χ4n) is 3.39. The lowest BCUT2D eigenvalue weighted by molar-refractivity contribution is -0.144. The third-order valence-electron chi connectivity index (χ3n) is 4.99. The van der Waals surface area contributed by atoms with Crippen molar-refractivity contribution in [3.05, 3.63) is 29.8 Å². The zero-order valence-electron chi connectivity index (χ0n) is 20.4. The fourth-order valence-corrected chi connectivity index (χ4v) is 3.39. The minimum Gasteiger partial charge on any atom is -0.508 e. The van der Waals surface area contributed by atoms with E-state index in [0.29, 0.717) is 12.8 Å². The highest BCUT2D eigenvalue weighted by molar-refractivity contribution is 5.92. The number of nitrogens with zero attached hydrogens (tertiary/aromatic N) is 1. The summed E-state index contributed by atoms with van der Waals surface area (Å²) in [6, 6.07) is 3.93. The molecule has 3 amide bonds. The number of aromatic hydroxyl groups is 1. The monoisotopic (exact) mass is 477 g/mol. The molecule has 3 N–H and O–H groups in total. The molecule has 1 aliphatic rings. The van der Waals surface area contributed by atoms with Crippen LogP contribution in [0.3, 0.4) is 0 Å². The highest BCUT2D eigenvalue weighted by Crippen LogP contribution is 2.38. The first-order valence-corrected chi connectivity index (χ1v) is 11.5. The Morgan fingerprint density at radius 3 is 2.38 bits per heavy atom. The van der Waals surface area contributed by atoms with Crippen LogP contribution in [0.1, 0.15) is 65.5 Å². The Bertz CT molecular complexity index is 893. The number of nitrogens with one attached hydrogen (secondary N) is 2. The Morgan fingerprint density at radius 2 is 1.82 bits per heavy atom. The average molecular weight is 478 g/mol. The maximum Gasteiger partial charge on any atom is 0.408 e. The molecule has 0 aromatic heterocycles. The molecule has 0 saturated heterocycles. The van der Waals surface area contributed by atoms with Crippen LogP contribution in [0.15, 0.2) is 24.3 Å². The van der Waals surface area contributed by atoms with E-state index in [1.54, 1.807) is 45.9 Å². The predicted octanol–water partition coefficient (Wildman–Crippen LogP) is 2.41. The van der Waals surface area contributed by atoms with Crippen molar-refractivity contribution in [3.8, 4) is 5.75 Å². The van der Waals surface area contributed by atoms with Gasteiger partial charge in [0.2, 0.25) is 11.8 Å². The number of phenolic OH excluding ortho intramolecular Hbond substituents is 1. The minimum atomic E-state index is -1.15. The van der Waals surface area contributed by atoms with Crippen molar-refractivity contribution < 1.29 is 33.8 Å². The summed E-state index contributed by atoms with van der Waals surface area (Å²) in [6.07, 6.45) is 0.596. The summed E-state index contributed by atoms with van der Waals surface area (Å²) in [5, 5.41) is 15.7. The van der Waals surface area contributed by atoms with Gasteiger partial charge in [-0.3, -0.25) is 14.4 Å². The third kappa shape index (κ3) is 7.93. The summed E-state index contributed by atoms with van der Waals surface area (Å²) in [4.78, 5) is 51.9. The molecule has 0 spiro atoms. The van der Waals surface area contributed by atoms with E-state index in [0.717, 1.165) is 0 Å². The topological polar surface area (TPSA) is 134 Å². The molecule has 10 heteroatoms. The molecular weight excluding hydrogens is 442 g/mol. The molecule has 0 radical (unpaired) electrons. The normalized spacial score (nSPS) is 15.0. The third-order valence-corrected chi connectivity index (χ3v) is 4.99. The molecule has 10 nitrogen and oxygen atoms in total. The van der Waals surface area contributed by atoms with Crippen LogP contribution in [0.4, 0.5) is 4.79 Å². The number of carbonyl (C=O) groups is 4. The summed E-state index contributed by atoms with van der Waals surface area (Å²) in [5.41, 5.74) is -0.485. The molecule has 0 aliphatic heterocycles. The van der Waals surface area contributed by atoms with Crippen molar-refractivity contribution in [2.24, 2.45) is 0 Å². The van der Waals surface area contributed by atoms with E-state index in [-0.39, 0.29) is 36.9 Å². The lowest BCUT2D eigenvalue weighted by Crippen LogP contribution is -2.52. The average Bonchev–Trinajstić information content (AvgIpc) is 3.56. The molecule has 188 valence electrons. The van der Waals surface area contributed by atoms with E-state index in [4.69, 9.17) is 9.47 Å². The summed E-state index contributed by atoms with van der Waals surface area (Å²) in [5.74, 6) is -1.62. The molecule has 2 rings (SSSR count). The number of hydrogen-bond acceptors (Lipinski definition) is 7. The fraction of sp³-hybridized carbons (Fsp3) is 0.583. The maximum absolute atomic E-state index is 13.4. The summed E-state index contributed by atoms with van der Waals surface area (Å²) >= 11 is 0. The molecular formula is C24H35N3O7. The van der Waals surface area contributed by atoms with Gasteiger partial charge in [0, 0.05) is 18.2 Å². The standard InChI is InChI=1S/C24H35N3O7/c1-6-33-19(29)13-14-25-21(30)20(17-9-7-8-10-18(17)28)27(16-11-12-16)22(31)15(2)26-23(32)34-24(3,4)5/h7-10,15-16,20,28H,6,11-14H2,1-5H3,(H,25,30)(H,26,32). The van der Waals surface area contributed by atoms with Gasteiger partial charge in [0.25, 0.3) is 0 Å². The molecule has 1 fully saturated rings. The molecule has 34 heavy (non-hydrogen) atoms. The summed E-state index contributed by atoms with van der Waals surface area (Å²) in [7, 11) is 0. The zero-order chi connectivity index (χ0) is 25.5. The molecule has 0 bridgehead atoms. The van der Waals surface area contributed by atoms with Crippen LogP contribution in [-0.4, -0.2) is 64.7 Å². The van der Waals surface area contributed by atoms with Crippen molar-refractivity contribution in [2.75, 3.05) is 13.2 Å². The van der Waals surface area contributed by atoms with Crippen molar-refractivity contribution in [1.82, 2.24) is 15.5 Å². The Morgan fingerprint density at radius 1 is 1.18 bits per heavy atom. The number of amides is 3. The number of rotatable bonds is 10. The van der Waals surface area contributed by atoms with Crippen molar-refractivity contribution in [2.45, 2.75) is 77.6 Å². The van der Waals surface area contributed by atoms with Crippen molar-refractivity contribution in [1.29, 1.82) is 0 Å². The first-order valence-electron chi connectivity index (χ1n) is 11.5. The minimum absolute atomic E-state index is 0.0141. The quantitative estimate of drug-likeness (QED) is 0.441. The Balaban J connectivity index is 2.26. The molecule has 1 saturated carbocycles. The van der Waals surface area contributed by atoms with E-state index >= 15 is 0 Å². The van der Waals surface area contributed by atoms with Gasteiger partial charge >= 0.3 is 12.1 Å². The number of phenols is 1. The second-order valence-electron chi connectivity index (χ2n) is 9.15. The predicted molar refractivity (Wildman–Crippen MR) is 124 cm³/mol. The van der Waals surface area contributed by atoms with Gasteiger partial charge in [0.15, 0.2) is 0 Å². The van der Waals surface area contributed by atoms with Crippen LogP contribution >= 0.6 is 0 Å². The van der Waals surface area contributed by atoms with Gasteiger partial charge in [-0.05, 0) is 53.5 Å².